The average molecular weight is 333 g/mol. The number of aliphatic hydroxyl groups excluding tert-OH is 1. The summed E-state index contributed by atoms with van der Waals surface area (Å²) in [5, 5.41) is 10.5. The van der Waals surface area contributed by atoms with Gasteiger partial charge in [0.2, 0.25) is 0 Å². The zero-order valence-corrected chi connectivity index (χ0v) is 14.0. The number of aromatic nitrogens is 2. The first-order chi connectivity index (χ1) is 11.0. The fraction of sp³-hybridized carbons (Fsp3) is 0.562. The molecule has 3 atom stereocenters. The summed E-state index contributed by atoms with van der Waals surface area (Å²) >= 11 is 1.30. The van der Waals surface area contributed by atoms with Gasteiger partial charge in [-0.25, -0.2) is 4.98 Å². The number of aryl methyl sites for hydroxylation is 2. The Morgan fingerprint density at radius 1 is 1.35 bits per heavy atom. The highest BCUT2D eigenvalue weighted by molar-refractivity contribution is 7.20. The van der Waals surface area contributed by atoms with Gasteiger partial charge in [-0.2, -0.15) is 0 Å². The van der Waals surface area contributed by atoms with Gasteiger partial charge in [-0.1, -0.05) is 0 Å². The molecule has 2 fully saturated rings. The molecule has 4 heterocycles. The predicted octanol–water partition coefficient (Wildman–Crippen LogP) is 1.43. The SMILES string of the molecule is Cc1c(C(=O)N2[C@@H]3CC[C@H]2CC(O)C3)sc2ncn(C)c(=O)c12. The van der Waals surface area contributed by atoms with Crippen LogP contribution in [0.1, 0.15) is 40.9 Å². The first-order valence-corrected chi connectivity index (χ1v) is 8.74. The van der Waals surface area contributed by atoms with Crippen molar-refractivity contribution in [3.05, 3.63) is 27.1 Å². The summed E-state index contributed by atoms with van der Waals surface area (Å²) in [5.74, 6) is -0.00745. The largest absolute Gasteiger partial charge is 0.393 e. The van der Waals surface area contributed by atoms with Gasteiger partial charge in [0, 0.05) is 19.1 Å². The number of nitrogens with zero attached hydrogens (tertiary/aromatic N) is 3. The Balaban J connectivity index is 1.78. The lowest BCUT2D eigenvalue weighted by molar-refractivity contribution is 0.0290. The zero-order valence-electron chi connectivity index (χ0n) is 13.2. The Morgan fingerprint density at radius 3 is 2.65 bits per heavy atom. The van der Waals surface area contributed by atoms with Crippen molar-refractivity contribution in [1.29, 1.82) is 0 Å². The molecule has 0 aliphatic carbocycles. The molecule has 6 nitrogen and oxygen atoms in total. The lowest BCUT2D eigenvalue weighted by Gasteiger charge is -2.37. The molecule has 1 unspecified atom stereocenters. The number of amides is 1. The van der Waals surface area contributed by atoms with Crippen molar-refractivity contribution in [2.75, 3.05) is 0 Å². The Hall–Kier alpha value is -1.73. The summed E-state index contributed by atoms with van der Waals surface area (Å²) < 4.78 is 1.44. The zero-order chi connectivity index (χ0) is 16.3. The number of hydrogen-bond acceptors (Lipinski definition) is 5. The maximum atomic E-state index is 13.1. The highest BCUT2D eigenvalue weighted by atomic mass is 32.1. The summed E-state index contributed by atoms with van der Waals surface area (Å²) in [6.45, 7) is 1.83. The third-order valence-electron chi connectivity index (χ3n) is 5.15. The van der Waals surface area contributed by atoms with Gasteiger partial charge in [-0.05, 0) is 38.2 Å². The summed E-state index contributed by atoms with van der Waals surface area (Å²) in [4.78, 5) is 32.9. The van der Waals surface area contributed by atoms with E-state index in [1.54, 1.807) is 7.05 Å². The molecule has 0 aromatic carbocycles. The second-order valence-electron chi connectivity index (χ2n) is 6.62. The third-order valence-corrected chi connectivity index (χ3v) is 6.34. The second-order valence-corrected chi connectivity index (χ2v) is 7.62. The minimum Gasteiger partial charge on any atom is -0.393 e. The normalized spacial score (nSPS) is 26.9. The summed E-state index contributed by atoms with van der Waals surface area (Å²) in [6.07, 6.45) is 4.43. The number of thiophene rings is 1. The van der Waals surface area contributed by atoms with E-state index in [0.29, 0.717) is 27.9 Å². The van der Waals surface area contributed by atoms with Crippen LogP contribution in [0.3, 0.4) is 0 Å². The van der Waals surface area contributed by atoms with E-state index in [4.69, 9.17) is 0 Å². The topological polar surface area (TPSA) is 75.4 Å². The van der Waals surface area contributed by atoms with Gasteiger partial charge in [0.1, 0.15) is 4.83 Å². The molecule has 7 heteroatoms. The minimum absolute atomic E-state index is 0.00745. The number of hydrogen-bond donors (Lipinski definition) is 1. The van der Waals surface area contributed by atoms with Gasteiger partial charge in [-0.3, -0.25) is 9.59 Å². The highest BCUT2D eigenvalue weighted by Crippen LogP contribution is 2.38. The van der Waals surface area contributed by atoms with Gasteiger partial charge >= 0.3 is 0 Å². The molecule has 4 rings (SSSR count). The van der Waals surface area contributed by atoms with Gasteiger partial charge in [-0.15, -0.1) is 11.3 Å². The minimum atomic E-state index is -0.297. The number of fused-ring (bicyclic) bond motifs is 3. The van der Waals surface area contributed by atoms with Gasteiger partial charge in [0.05, 0.1) is 22.7 Å². The number of aliphatic hydroxyl groups is 1. The van der Waals surface area contributed by atoms with Crippen LogP contribution in [-0.4, -0.2) is 43.7 Å². The number of carbonyl (C=O) groups excluding carboxylic acids is 1. The van der Waals surface area contributed by atoms with Crippen molar-refractivity contribution >= 4 is 27.5 Å². The van der Waals surface area contributed by atoms with Gasteiger partial charge in [0.15, 0.2) is 0 Å². The van der Waals surface area contributed by atoms with Crippen molar-refractivity contribution in [2.45, 2.75) is 50.8 Å². The number of piperidine rings is 1. The van der Waals surface area contributed by atoms with Crippen molar-refractivity contribution < 1.29 is 9.90 Å². The van der Waals surface area contributed by atoms with E-state index in [0.717, 1.165) is 18.4 Å². The molecular formula is C16H19N3O3S. The fourth-order valence-corrected chi connectivity index (χ4v) is 5.09. The van der Waals surface area contributed by atoms with E-state index in [2.05, 4.69) is 4.98 Å². The van der Waals surface area contributed by atoms with Gasteiger partial charge < -0.3 is 14.6 Å². The molecule has 122 valence electrons. The Labute approximate surface area is 137 Å². The molecule has 2 aliphatic rings. The standard InChI is InChI=1S/C16H19N3O3S/c1-8-12-14(17-7-18(2)15(12)21)23-13(8)16(22)19-9-3-4-10(19)6-11(20)5-9/h7,9-11,20H,3-6H2,1-2H3/t9-,10+,11?. The van der Waals surface area contributed by atoms with Crippen molar-refractivity contribution in [3.63, 3.8) is 0 Å². The Kier molecular flexibility index (Phi) is 3.32. The molecule has 1 N–H and O–H groups in total. The van der Waals surface area contributed by atoms with Crippen LogP contribution in [0, 0.1) is 6.92 Å². The maximum Gasteiger partial charge on any atom is 0.264 e. The molecule has 0 radical (unpaired) electrons. The fourth-order valence-electron chi connectivity index (χ4n) is 4.01. The quantitative estimate of drug-likeness (QED) is 0.857. The smallest absolute Gasteiger partial charge is 0.264 e. The van der Waals surface area contributed by atoms with Crippen LogP contribution in [0.2, 0.25) is 0 Å². The van der Waals surface area contributed by atoms with Crippen molar-refractivity contribution in [2.24, 2.45) is 7.05 Å². The van der Waals surface area contributed by atoms with E-state index in [-0.39, 0.29) is 29.7 Å². The Bertz CT molecular complexity index is 842. The summed E-state index contributed by atoms with van der Waals surface area (Å²) in [6, 6.07) is 0.244. The van der Waals surface area contributed by atoms with E-state index < -0.39 is 0 Å². The lowest BCUT2D eigenvalue weighted by Crippen LogP contribution is -2.47. The van der Waals surface area contributed by atoms with E-state index in [1.165, 1.54) is 22.2 Å². The molecule has 1 amide bonds. The maximum absolute atomic E-state index is 13.1. The molecule has 2 aliphatic heterocycles. The van der Waals surface area contributed by atoms with Crippen LogP contribution >= 0.6 is 11.3 Å². The molecule has 2 aromatic heterocycles. The van der Waals surface area contributed by atoms with E-state index in [1.807, 2.05) is 11.8 Å². The van der Waals surface area contributed by atoms with Crippen LogP contribution in [0.4, 0.5) is 0 Å². The van der Waals surface area contributed by atoms with Crippen LogP contribution in [0.25, 0.3) is 10.2 Å². The molecule has 2 saturated heterocycles. The first kappa shape index (κ1) is 14.8. The Morgan fingerprint density at radius 2 is 2.00 bits per heavy atom. The monoisotopic (exact) mass is 333 g/mol. The van der Waals surface area contributed by atoms with Crippen LogP contribution in [-0.2, 0) is 7.05 Å². The third kappa shape index (κ3) is 2.14. The number of rotatable bonds is 1. The average Bonchev–Trinajstić information content (AvgIpc) is 2.98. The van der Waals surface area contributed by atoms with Crippen LogP contribution in [0.15, 0.2) is 11.1 Å². The number of carbonyl (C=O) groups is 1. The molecule has 0 spiro atoms. The van der Waals surface area contributed by atoms with Crippen molar-refractivity contribution in [1.82, 2.24) is 14.5 Å². The predicted molar refractivity (Wildman–Crippen MR) is 87.8 cm³/mol. The van der Waals surface area contributed by atoms with Gasteiger partial charge in [0.25, 0.3) is 11.5 Å². The van der Waals surface area contributed by atoms with Crippen LogP contribution in [0.5, 0.6) is 0 Å². The first-order valence-electron chi connectivity index (χ1n) is 7.93. The second kappa shape index (κ2) is 5.14. The molecule has 2 aromatic rings. The van der Waals surface area contributed by atoms with E-state index in [9.17, 15) is 14.7 Å². The highest BCUT2D eigenvalue weighted by Gasteiger charge is 2.43. The molecule has 0 saturated carbocycles. The summed E-state index contributed by atoms with van der Waals surface area (Å²) in [7, 11) is 1.67. The molecule has 2 bridgehead atoms. The molecular weight excluding hydrogens is 314 g/mol. The lowest BCUT2D eigenvalue weighted by atomic mass is 9.99. The molecule has 23 heavy (non-hydrogen) atoms. The van der Waals surface area contributed by atoms with Crippen LogP contribution < -0.4 is 5.56 Å². The summed E-state index contributed by atoms with van der Waals surface area (Å²) in [5.41, 5.74) is 0.620. The van der Waals surface area contributed by atoms with Crippen molar-refractivity contribution in [3.8, 4) is 0 Å². The van der Waals surface area contributed by atoms with E-state index >= 15 is 0 Å².